The molecule has 1 aromatic carbocycles. The first kappa shape index (κ1) is 20.4. The molecule has 7 nitrogen and oxygen atoms in total. The lowest BCUT2D eigenvalue weighted by Gasteiger charge is -2.17. The van der Waals surface area contributed by atoms with Crippen molar-refractivity contribution < 1.29 is 33.0 Å². The van der Waals surface area contributed by atoms with Gasteiger partial charge in [-0.05, 0) is 19.9 Å². The Kier molecular flexibility index (Phi) is 8.38. The van der Waals surface area contributed by atoms with E-state index in [1.807, 2.05) is 0 Å². The first-order valence-electron chi connectivity index (χ1n) is 7.85. The number of halogens is 1. The van der Waals surface area contributed by atoms with Crippen LogP contribution in [0, 0.1) is 5.82 Å². The van der Waals surface area contributed by atoms with Gasteiger partial charge in [-0.3, -0.25) is 14.4 Å². The van der Waals surface area contributed by atoms with E-state index in [0.717, 1.165) is 6.07 Å². The molecule has 0 aliphatic heterocycles. The van der Waals surface area contributed by atoms with Gasteiger partial charge in [0.05, 0.1) is 20.3 Å². The summed E-state index contributed by atoms with van der Waals surface area (Å²) in [7, 11) is 1.40. The topological polar surface area (TPSA) is 90.9 Å². The molecule has 0 saturated heterocycles. The molecule has 0 saturated carbocycles. The average molecular weight is 355 g/mol. The predicted octanol–water partition coefficient (Wildman–Crippen LogP) is 1.55. The van der Waals surface area contributed by atoms with Gasteiger partial charge in [-0.2, -0.15) is 0 Å². The lowest BCUT2D eigenvalue weighted by Crippen LogP contribution is -2.34. The Morgan fingerprint density at radius 2 is 1.84 bits per heavy atom. The van der Waals surface area contributed by atoms with Crippen molar-refractivity contribution in [2.24, 2.45) is 0 Å². The molecule has 0 heterocycles. The molecule has 0 fully saturated rings. The number of hydrogen-bond donors (Lipinski definition) is 1. The van der Waals surface area contributed by atoms with E-state index < -0.39 is 36.0 Å². The molecular weight excluding hydrogens is 333 g/mol. The van der Waals surface area contributed by atoms with Crippen LogP contribution in [0.3, 0.4) is 0 Å². The van der Waals surface area contributed by atoms with Gasteiger partial charge in [0, 0.05) is 18.2 Å². The fourth-order valence-electron chi connectivity index (χ4n) is 2.10. The summed E-state index contributed by atoms with van der Waals surface area (Å²) in [4.78, 5) is 35.2. The Bertz CT molecular complexity index is 619. The van der Waals surface area contributed by atoms with Crippen LogP contribution in [0.1, 0.15) is 31.7 Å². The van der Waals surface area contributed by atoms with E-state index >= 15 is 0 Å². The molecule has 1 amide bonds. The molecule has 0 aromatic heterocycles. The molecule has 1 unspecified atom stereocenters. The third kappa shape index (κ3) is 6.40. The standard InChI is InChI=1S/C17H22FNO6/c1-4-24-16(21)9-15(20)19-10-13(17(22)25-5-2)12-7-6-11(23-3)8-14(12)18/h6-8,13H,4-5,9-10H2,1-3H3,(H,19,20). The van der Waals surface area contributed by atoms with Crippen molar-refractivity contribution in [3.63, 3.8) is 0 Å². The van der Waals surface area contributed by atoms with Gasteiger partial charge in [0.25, 0.3) is 0 Å². The van der Waals surface area contributed by atoms with Gasteiger partial charge < -0.3 is 19.5 Å². The molecule has 8 heteroatoms. The number of carbonyl (C=O) groups excluding carboxylic acids is 3. The number of methoxy groups -OCH3 is 1. The molecule has 0 aliphatic rings. The SMILES string of the molecule is CCOC(=O)CC(=O)NCC(C(=O)OCC)c1ccc(OC)cc1F. The zero-order valence-electron chi connectivity index (χ0n) is 14.5. The number of carbonyl (C=O) groups is 3. The van der Waals surface area contributed by atoms with E-state index in [1.54, 1.807) is 13.8 Å². The zero-order chi connectivity index (χ0) is 18.8. The highest BCUT2D eigenvalue weighted by molar-refractivity contribution is 5.94. The summed E-state index contributed by atoms with van der Waals surface area (Å²) in [5, 5.41) is 2.43. The number of rotatable bonds is 9. The summed E-state index contributed by atoms with van der Waals surface area (Å²) < 4.78 is 28.8. The number of amides is 1. The van der Waals surface area contributed by atoms with Gasteiger partial charge in [-0.1, -0.05) is 6.07 Å². The second-order valence-electron chi connectivity index (χ2n) is 4.98. The number of esters is 2. The average Bonchev–Trinajstić information content (AvgIpc) is 2.56. The van der Waals surface area contributed by atoms with Crippen LogP contribution in [0.25, 0.3) is 0 Å². The van der Waals surface area contributed by atoms with Crippen molar-refractivity contribution in [3.05, 3.63) is 29.6 Å². The molecule has 138 valence electrons. The summed E-state index contributed by atoms with van der Waals surface area (Å²) in [5.74, 6) is -3.38. The second-order valence-corrected chi connectivity index (χ2v) is 4.98. The molecule has 0 radical (unpaired) electrons. The van der Waals surface area contributed by atoms with Crippen LogP contribution in [-0.2, 0) is 23.9 Å². The normalized spacial score (nSPS) is 11.4. The fraction of sp³-hybridized carbons (Fsp3) is 0.471. The Morgan fingerprint density at radius 3 is 2.40 bits per heavy atom. The number of nitrogens with one attached hydrogen (secondary N) is 1. The number of ether oxygens (including phenoxy) is 3. The van der Waals surface area contributed by atoms with E-state index in [9.17, 15) is 18.8 Å². The molecular formula is C17H22FNO6. The monoisotopic (exact) mass is 355 g/mol. The molecule has 1 atom stereocenters. The third-order valence-corrected chi connectivity index (χ3v) is 3.27. The number of hydrogen-bond acceptors (Lipinski definition) is 6. The summed E-state index contributed by atoms with van der Waals surface area (Å²) in [6.07, 6.45) is -0.478. The van der Waals surface area contributed by atoms with Gasteiger partial charge in [0.15, 0.2) is 0 Å². The Labute approximate surface area is 145 Å². The minimum atomic E-state index is -1.04. The van der Waals surface area contributed by atoms with Crippen molar-refractivity contribution in [2.45, 2.75) is 26.2 Å². The van der Waals surface area contributed by atoms with Gasteiger partial charge in [-0.15, -0.1) is 0 Å². The van der Waals surface area contributed by atoms with E-state index in [4.69, 9.17) is 9.47 Å². The second kappa shape index (κ2) is 10.3. The van der Waals surface area contributed by atoms with Crippen LogP contribution < -0.4 is 10.1 Å². The van der Waals surface area contributed by atoms with Crippen LogP contribution in [0.5, 0.6) is 5.75 Å². The summed E-state index contributed by atoms with van der Waals surface area (Å²) in [6, 6.07) is 4.04. The Balaban J connectivity index is 2.86. The van der Waals surface area contributed by atoms with Crippen LogP contribution in [0.15, 0.2) is 18.2 Å². The third-order valence-electron chi connectivity index (χ3n) is 3.27. The predicted molar refractivity (Wildman–Crippen MR) is 86.6 cm³/mol. The minimum absolute atomic E-state index is 0.0654. The summed E-state index contributed by atoms with van der Waals surface area (Å²) in [6.45, 7) is 3.32. The van der Waals surface area contributed by atoms with Crippen molar-refractivity contribution in [1.29, 1.82) is 0 Å². The Hall–Kier alpha value is -2.64. The summed E-state index contributed by atoms with van der Waals surface area (Å²) >= 11 is 0. The maximum atomic E-state index is 14.2. The minimum Gasteiger partial charge on any atom is -0.497 e. The van der Waals surface area contributed by atoms with Crippen LogP contribution >= 0.6 is 0 Å². The van der Waals surface area contributed by atoms with Crippen molar-refractivity contribution >= 4 is 17.8 Å². The van der Waals surface area contributed by atoms with Crippen molar-refractivity contribution in [1.82, 2.24) is 5.32 Å². The Morgan fingerprint density at radius 1 is 1.16 bits per heavy atom. The van der Waals surface area contributed by atoms with Crippen molar-refractivity contribution in [2.75, 3.05) is 26.9 Å². The smallest absolute Gasteiger partial charge is 0.315 e. The van der Waals surface area contributed by atoms with Gasteiger partial charge >= 0.3 is 11.9 Å². The maximum Gasteiger partial charge on any atom is 0.315 e. The van der Waals surface area contributed by atoms with Crippen LogP contribution in [0.4, 0.5) is 4.39 Å². The van der Waals surface area contributed by atoms with Gasteiger partial charge in [0.1, 0.15) is 23.9 Å². The van der Waals surface area contributed by atoms with Crippen LogP contribution in [0.2, 0.25) is 0 Å². The van der Waals surface area contributed by atoms with Crippen molar-refractivity contribution in [3.8, 4) is 5.75 Å². The summed E-state index contributed by atoms with van der Waals surface area (Å²) in [5.41, 5.74) is 0.0654. The number of benzene rings is 1. The highest BCUT2D eigenvalue weighted by Crippen LogP contribution is 2.24. The van der Waals surface area contributed by atoms with E-state index in [1.165, 1.54) is 19.2 Å². The van der Waals surface area contributed by atoms with E-state index in [-0.39, 0.29) is 25.3 Å². The largest absolute Gasteiger partial charge is 0.497 e. The van der Waals surface area contributed by atoms with Gasteiger partial charge in [-0.25, -0.2) is 4.39 Å². The van der Waals surface area contributed by atoms with Crippen LogP contribution in [-0.4, -0.2) is 44.7 Å². The molecule has 25 heavy (non-hydrogen) atoms. The first-order valence-corrected chi connectivity index (χ1v) is 7.85. The quantitative estimate of drug-likeness (QED) is 0.534. The molecule has 1 aromatic rings. The molecule has 0 spiro atoms. The fourth-order valence-corrected chi connectivity index (χ4v) is 2.10. The lowest BCUT2D eigenvalue weighted by atomic mass is 9.98. The van der Waals surface area contributed by atoms with Gasteiger partial charge in [0.2, 0.25) is 5.91 Å². The molecule has 1 rings (SSSR count). The molecule has 0 aliphatic carbocycles. The maximum absolute atomic E-state index is 14.2. The zero-order valence-corrected chi connectivity index (χ0v) is 14.5. The first-order chi connectivity index (χ1) is 11.9. The molecule has 1 N–H and O–H groups in total. The highest BCUT2D eigenvalue weighted by atomic mass is 19.1. The highest BCUT2D eigenvalue weighted by Gasteiger charge is 2.26. The van der Waals surface area contributed by atoms with E-state index in [0.29, 0.717) is 5.75 Å². The van der Waals surface area contributed by atoms with E-state index in [2.05, 4.69) is 10.1 Å². The lowest BCUT2D eigenvalue weighted by molar-refractivity contribution is -0.145. The molecule has 0 bridgehead atoms.